The maximum absolute atomic E-state index is 11.6. The number of aromatic hydroxyl groups is 1. The second-order valence-electron chi connectivity index (χ2n) is 7.67. The van der Waals surface area contributed by atoms with Crippen molar-refractivity contribution in [2.75, 3.05) is 37.6 Å². The maximum atomic E-state index is 11.6. The molecule has 30 heavy (non-hydrogen) atoms. The molecule has 1 aliphatic rings. The summed E-state index contributed by atoms with van der Waals surface area (Å²) in [5.41, 5.74) is 2.06. The van der Waals surface area contributed by atoms with E-state index in [4.69, 9.17) is 0 Å². The number of hydrogen-bond acceptors (Lipinski definition) is 5. The normalized spacial score (nSPS) is 14.6. The van der Waals surface area contributed by atoms with Gasteiger partial charge >= 0.3 is 11.9 Å². The van der Waals surface area contributed by atoms with Crippen molar-refractivity contribution < 1.29 is 24.9 Å². The summed E-state index contributed by atoms with van der Waals surface area (Å²) < 4.78 is 0. The molecular formula is C23H28N2O5. The van der Waals surface area contributed by atoms with Crippen molar-refractivity contribution in [1.29, 1.82) is 0 Å². The molecule has 1 heterocycles. The van der Waals surface area contributed by atoms with E-state index in [1.807, 2.05) is 18.2 Å². The quantitative estimate of drug-likeness (QED) is 0.572. The van der Waals surface area contributed by atoms with E-state index in [1.54, 1.807) is 19.1 Å². The average molecular weight is 412 g/mol. The Hall–Kier alpha value is -3.06. The Balaban J connectivity index is 1.53. The van der Waals surface area contributed by atoms with E-state index in [2.05, 4.69) is 9.80 Å². The van der Waals surface area contributed by atoms with Crippen molar-refractivity contribution in [3.8, 4) is 5.75 Å². The Morgan fingerprint density at radius 2 is 1.63 bits per heavy atom. The van der Waals surface area contributed by atoms with Gasteiger partial charge in [0.1, 0.15) is 5.75 Å². The predicted octanol–water partition coefficient (Wildman–Crippen LogP) is 3.24. The molecule has 160 valence electrons. The molecule has 7 nitrogen and oxygen atoms in total. The van der Waals surface area contributed by atoms with Crippen LogP contribution in [-0.4, -0.2) is 64.9 Å². The van der Waals surface area contributed by atoms with Crippen LogP contribution in [0.15, 0.2) is 36.4 Å². The van der Waals surface area contributed by atoms with Gasteiger partial charge in [0.05, 0.1) is 16.8 Å². The summed E-state index contributed by atoms with van der Waals surface area (Å²) in [7, 11) is 0. The van der Waals surface area contributed by atoms with Crippen molar-refractivity contribution in [2.45, 2.75) is 26.2 Å². The molecule has 0 spiro atoms. The molecule has 3 rings (SSSR count). The summed E-state index contributed by atoms with van der Waals surface area (Å²) >= 11 is 0. The van der Waals surface area contributed by atoms with Crippen molar-refractivity contribution in [1.82, 2.24) is 4.90 Å². The van der Waals surface area contributed by atoms with Gasteiger partial charge in [-0.15, -0.1) is 0 Å². The SMILES string of the molecule is Cc1ccc(C(=O)O)c(CCCCN2CCN(c3ccccc3O)CC2)c1C(=O)O. The highest BCUT2D eigenvalue weighted by molar-refractivity contribution is 5.97. The average Bonchev–Trinajstić information content (AvgIpc) is 2.71. The molecule has 0 unspecified atom stereocenters. The summed E-state index contributed by atoms with van der Waals surface area (Å²) in [6.07, 6.45) is 2.02. The van der Waals surface area contributed by atoms with Crippen LogP contribution in [0.25, 0.3) is 0 Å². The first-order valence-electron chi connectivity index (χ1n) is 10.2. The molecule has 1 saturated heterocycles. The van der Waals surface area contributed by atoms with Crippen LogP contribution in [0, 0.1) is 6.92 Å². The van der Waals surface area contributed by atoms with Gasteiger partial charge in [0.2, 0.25) is 0 Å². The van der Waals surface area contributed by atoms with Crippen molar-refractivity contribution in [2.24, 2.45) is 0 Å². The van der Waals surface area contributed by atoms with Gasteiger partial charge in [0.15, 0.2) is 0 Å². The Bertz CT molecular complexity index is 920. The summed E-state index contributed by atoms with van der Waals surface area (Å²) in [5, 5.41) is 29.0. The van der Waals surface area contributed by atoms with Gasteiger partial charge in [-0.2, -0.15) is 0 Å². The number of nitrogens with zero attached hydrogens (tertiary/aromatic N) is 2. The van der Waals surface area contributed by atoms with E-state index < -0.39 is 11.9 Å². The van der Waals surface area contributed by atoms with Gasteiger partial charge in [0, 0.05) is 26.2 Å². The van der Waals surface area contributed by atoms with E-state index in [0.29, 0.717) is 23.3 Å². The Kier molecular flexibility index (Phi) is 6.95. The first-order valence-corrected chi connectivity index (χ1v) is 10.2. The van der Waals surface area contributed by atoms with Gasteiger partial charge in [-0.25, -0.2) is 9.59 Å². The molecule has 0 aromatic heterocycles. The zero-order valence-electron chi connectivity index (χ0n) is 17.2. The number of carboxylic acids is 2. The highest BCUT2D eigenvalue weighted by Crippen LogP contribution is 2.27. The third-order valence-electron chi connectivity index (χ3n) is 5.71. The van der Waals surface area contributed by atoms with Crippen LogP contribution in [-0.2, 0) is 6.42 Å². The summed E-state index contributed by atoms with van der Waals surface area (Å²) in [4.78, 5) is 27.7. The summed E-state index contributed by atoms with van der Waals surface area (Å²) in [6, 6.07) is 10.4. The number of benzene rings is 2. The van der Waals surface area contributed by atoms with E-state index in [-0.39, 0.29) is 11.1 Å². The zero-order chi connectivity index (χ0) is 21.7. The highest BCUT2D eigenvalue weighted by atomic mass is 16.4. The summed E-state index contributed by atoms with van der Waals surface area (Å²) in [5.74, 6) is -1.87. The zero-order valence-corrected chi connectivity index (χ0v) is 17.2. The molecule has 7 heteroatoms. The maximum Gasteiger partial charge on any atom is 0.336 e. The molecule has 0 amide bonds. The molecule has 2 aromatic rings. The number of para-hydroxylation sites is 2. The molecule has 0 aliphatic carbocycles. The number of anilines is 1. The van der Waals surface area contributed by atoms with Crippen molar-refractivity contribution in [3.63, 3.8) is 0 Å². The molecule has 0 atom stereocenters. The van der Waals surface area contributed by atoms with Crippen LogP contribution >= 0.6 is 0 Å². The number of piperazine rings is 1. The van der Waals surface area contributed by atoms with Crippen LogP contribution in [0.3, 0.4) is 0 Å². The largest absolute Gasteiger partial charge is 0.506 e. The topological polar surface area (TPSA) is 101 Å². The number of aromatic carboxylic acids is 2. The van der Waals surface area contributed by atoms with Crippen molar-refractivity contribution >= 4 is 17.6 Å². The number of carboxylic acid groups (broad SMARTS) is 2. The molecule has 0 radical (unpaired) electrons. The smallest absolute Gasteiger partial charge is 0.336 e. The number of aryl methyl sites for hydroxylation is 1. The van der Waals surface area contributed by atoms with E-state index >= 15 is 0 Å². The number of phenolic OH excluding ortho intramolecular Hbond substituents is 1. The van der Waals surface area contributed by atoms with Crippen LogP contribution in [0.5, 0.6) is 5.75 Å². The minimum atomic E-state index is -1.09. The second-order valence-corrected chi connectivity index (χ2v) is 7.67. The minimum Gasteiger partial charge on any atom is -0.506 e. The lowest BCUT2D eigenvalue weighted by Crippen LogP contribution is -2.46. The fourth-order valence-corrected chi connectivity index (χ4v) is 4.10. The number of hydrogen-bond donors (Lipinski definition) is 3. The van der Waals surface area contributed by atoms with Crippen LogP contribution in [0.2, 0.25) is 0 Å². The van der Waals surface area contributed by atoms with Gasteiger partial charge in [-0.3, -0.25) is 4.90 Å². The lowest BCUT2D eigenvalue weighted by atomic mass is 9.92. The lowest BCUT2D eigenvalue weighted by Gasteiger charge is -2.36. The standard InChI is InChI=1S/C23H28N2O5/c1-16-9-10-18(22(27)28)17(21(16)23(29)30)6-4-5-11-24-12-14-25(15-13-24)19-7-2-3-8-20(19)26/h2-3,7-10,26H,4-6,11-15H2,1H3,(H,27,28)(H,29,30). The van der Waals surface area contributed by atoms with Gasteiger partial charge in [-0.05, 0) is 62.1 Å². The number of carbonyl (C=O) groups is 2. The van der Waals surface area contributed by atoms with Gasteiger partial charge < -0.3 is 20.2 Å². The van der Waals surface area contributed by atoms with Gasteiger partial charge in [-0.1, -0.05) is 18.2 Å². The summed E-state index contributed by atoms with van der Waals surface area (Å²) in [6.45, 7) is 6.02. The third-order valence-corrected chi connectivity index (χ3v) is 5.71. The predicted molar refractivity (Wildman–Crippen MR) is 115 cm³/mol. The van der Waals surface area contributed by atoms with E-state index in [1.165, 1.54) is 6.07 Å². The molecule has 0 saturated carbocycles. The molecule has 1 aliphatic heterocycles. The molecule has 2 aromatic carbocycles. The van der Waals surface area contributed by atoms with Crippen LogP contribution in [0.1, 0.15) is 44.7 Å². The Morgan fingerprint density at radius 1 is 0.933 bits per heavy atom. The van der Waals surface area contributed by atoms with E-state index in [9.17, 15) is 24.9 Å². The molecule has 3 N–H and O–H groups in total. The number of unbranched alkanes of at least 4 members (excludes halogenated alkanes) is 1. The van der Waals surface area contributed by atoms with Gasteiger partial charge in [0.25, 0.3) is 0 Å². The molecule has 0 bridgehead atoms. The first kappa shape index (κ1) is 21.6. The molecular weight excluding hydrogens is 384 g/mol. The number of rotatable bonds is 8. The van der Waals surface area contributed by atoms with E-state index in [0.717, 1.165) is 51.3 Å². The fraction of sp³-hybridized carbons (Fsp3) is 0.391. The fourth-order valence-electron chi connectivity index (χ4n) is 4.10. The monoisotopic (exact) mass is 412 g/mol. The lowest BCUT2D eigenvalue weighted by molar-refractivity contribution is 0.0694. The number of phenols is 1. The first-order chi connectivity index (χ1) is 14.4. The highest BCUT2D eigenvalue weighted by Gasteiger charge is 2.21. The third kappa shape index (κ3) is 4.91. The second kappa shape index (κ2) is 9.63. The Morgan fingerprint density at radius 3 is 2.27 bits per heavy atom. The van der Waals surface area contributed by atoms with Crippen LogP contribution in [0.4, 0.5) is 5.69 Å². The van der Waals surface area contributed by atoms with Crippen molar-refractivity contribution in [3.05, 3.63) is 58.7 Å². The van der Waals surface area contributed by atoms with Crippen LogP contribution < -0.4 is 4.90 Å². The molecule has 1 fully saturated rings. The Labute approximate surface area is 176 Å². The minimum absolute atomic E-state index is 0.0780.